The van der Waals surface area contributed by atoms with Crippen molar-refractivity contribution in [3.05, 3.63) is 64.1 Å². The van der Waals surface area contributed by atoms with Crippen molar-refractivity contribution in [2.45, 2.75) is 38.1 Å². The molecule has 7 heteroatoms. The van der Waals surface area contributed by atoms with E-state index in [2.05, 4.69) is 31.8 Å². The lowest BCUT2D eigenvalue weighted by molar-refractivity contribution is 0.0734. The first-order chi connectivity index (χ1) is 13.6. The van der Waals surface area contributed by atoms with Crippen molar-refractivity contribution < 1.29 is 9.53 Å². The average molecular weight is 460 g/mol. The largest absolute Gasteiger partial charge is 0.422 e. The molecular weight excluding hydrogens is 438 g/mol. The highest BCUT2D eigenvalue weighted by Gasteiger charge is 2.14. The van der Waals surface area contributed by atoms with E-state index in [1.165, 1.54) is 19.3 Å². The van der Waals surface area contributed by atoms with Crippen molar-refractivity contribution in [2.24, 2.45) is 5.10 Å². The van der Waals surface area contributed by atoms with E-state index in [0.29, 0.717) is 28.0 Å². The molecule has 0 aliphatic heterocycles. The number of thiocarbonyl (C=S) groups is 1. The minimum absolute atomic E-state index is 0.414. The summed E-state index contributed by atoms with van der Waals surface area (Å²) in [5, 5.41) is 8.00. The number of halogens is 1. The first-order valence-corrected chi connectivity index (χ1v) is 10.5. The number of hydrazone groups is 1. The monoisotopic (exact) mass is 459 g/mol. The second kappa shape index (κ2) is 10.3. The van der Waals surface area contributed by atoms with Gasteiger partial charge in [-0.25, -0.2) is 4.79 Å². The SMILES string of the molecule is O=C(Oc1ccc(Br)cc1C=NNC(=S)NC1CCCCC1)c1ccccc1. The number of carbonyl (C=O) groups is 1. The molecule has 2 N–H and O–H groups in total. The van der Waals surface area contributed by atoms with Gasteiger partial charge in [0.2, 0.25) is 0 Å². The lowest BCUT2D eigenvalue weighted by atomic mass is 9.96. The number of nitrogens with zero attached hydrogens (tertiary/aromatic N) is 1. The van der Waals surface area contributed by atoms with Gasteiger partial charge in [-0.05, 0) is 55.4 Å². The smallest absolute Gasteiger partial charge is 0.343 e. The lowest BCUT2D eigenvalue weighted by Crippen LogP contribution is -2.40. The fourth-order valence-electron chi connectivity index (χ4n) is 3.07. The van der Waals surface area contributed by atoms with Crippen LogP contribution >= 0.6 is 28.1 Å². The Morgan fingerprint density at radius 3 is 2.64 bits per heavy atom. The van der Waals surface area contributed by atoms with Crippen molar-refractivity contribution in [3.63, 3.8) is 0 Å². The molecule has 0 aromatic heterocycles. The van der Waals surface area contributed by atoms with Crippen LogP contribution in [-0.2, 0) is 0 Å². The highest BCUT2D eigenvalue weighted by atomic mass is 79.9. The van der Waals surface area contributed by atoms with Crippen molar-refractivity contribution in [3.8, 4) is 5.75 Å². The molecule has 0 spiro atoms. The zero-order chi connectivity index (χ0) is 19.8. The second-order valence-corrected chi connectivity index (χ2v) is 7.94. The summed E-state index contributed by atoms with van der Waals surface area (Å²) in [6.45, 7) is 0. The van der Waals surface area contributed by atoms with Crippen LogP contribution in [0.2, 0.25) is 0 Å². The Morgan fingerprint density at radius 2 is 1.89 bits per heavy atom. The average Bonchev–Trinajstić information content (AvgIpc) is 2.71. The molecule has 0 radical (unpaired) electrons. The van der Waals surface area contributed by atoms with Gasteiger partial charge in [-0.3, -0.25) is 5.43 Å². The zero-order valence-electron chi connectivity index (χ0n) is 15.4. The third kappa shape index (κ3) is 6.14. The molecule has 28 heavy (non-hydrogen) atoms. The number of hydrogen-bond acceptors (Lipinski definition) is 4. The summed E-state index contributed by atoms with van der Waals surface area (Å²) in [7, 11) is 0. The molecule has 3 rings (SSSR count). The number of carbonyl (C=O) groups excluding carboxylic acids is 1. The Kier molecular flexibility index (Phi) is 7.56. The van der Waals surface area contributed by atoms with Crippen molar-refractivity contribution >= 4 is 45.4 Å². The van der Waals surface area contributed by atoms with Gasteiger partial charge < -0.3 is 10.1 Å². The van der Waals surface area contributed by atoms with Gasteiger partial charge in [0.25, 0.3) is 0 Å². The lowest BCUT2D eigenvalue weighted by Gasteiger charge is -2.23. The van der Waals surface area contributed by atoms with Gasteiger partial charge in [-0.1, -0.05) is 53.4 Å². The van der Waals surface area contributed by atoms with E-state index >= 15 is 0 Å². The molecule has 2 aromatic carbocycles. The summed E-state index contributed by atoms with van der Waals surface area (Å²) in [5.41, 5.74) is 3.99. The molecule has 0 atom stereocenters. The molecule has 1 aliphatic carbocycles. The van der Waals surface area contributed by atoms with Crippen molar-refractivity contribution in [2.75, 3.05) is 0 Å². The molecule has 1 fully saturated rings. The molecule has 0 bridgehead atoms. The van der Waals surface area contributed by atoms with Gasteiger partial charge in [0.1, 0.15) is 5.75 Å². The van der Waals surface area contributed by atoms with Crippen LogP contribution in [0.15, 0.2) is 58.1 Å². The summed E-state index contributed by atoms with van der Waals surface area (Å²) in [4.78, 5) is 12.3. The van der Waals surface area contributed by atoms with E-state index in [0.717, 1.165) is 17.3 Å². The van der Waals surface area contributed by atoms with Crippen LogP contribution in [0.25, 0.3) is 0 Å². The van der Waals surface area contributed by atoms with Gasteiger partial charge in [-0.15, -0.1) is 0 Å². The summed E-state index contributed by atoms with van der Waals surface area (Å²) in [6.07, 6.45) is 7.63. The molecule has 0 saturated heterocycles. The van der Waals surface area contributed by atoms with Gasteiger partial charge in [0.05, 0.1) is 11.8 Å². The van der Waals surface area contributed by atoms with Gasteiger partial charge in [-0.2, -0.15) is 5.10 Å². The van der Waals surface area contributed by atoms with Gasteiger partial charge in [0, 0.05) is 16.1 Å². The van der Waals surface area contributed by atoms with Crippen LogP contribution in [0.1, 0.15) is 48.0 Å². The van der Waals surface area contributed by atoms with Crippen LogP contribution in [-0.4, -0.2) is 23.3 Å². The molecule has 0 heterocycles. The highest BCUT2D eigenvalue weighted by Crippen LogP contribution is 2.23. The summed E-state index contributed by atoms with van der Waals surface area (Å²) >= 11 is 8.75. The van der Waals surface area contributed by atoms with E-state index in [-0.39, 0.29) is 0 Å². The number of hydrogen-bond donors (Lipinski definition) is 2. The molecule has 2 aromatic rings. The Morgan fingerprint density at radius 1 is 1.14 bits per heavy atom. The normalized spacial score (nSPS) is 14.6. The predicted octanol–water partition coefficient (Wildman–Crippen LogP) is 4.80. The standard InChI is InChI=1S/C21H22BrN3O2S/c22-17-11-12-19(27-20(26)15-7-3-1-4-8-15)16(13-17)14-23-25-21(28)24-18-9-5-2-6-10-18/h1,3-4,7-8,11-14,18H,2,5-6,9-10H2,(H2,24,25,28). The Labute approximate surface area is 178 Å². The summed E-state index contributed by atoms with van der Waals surface area (Å²) in [5.74, 6) is 0.00813. The van der Waals surface area contributed by atoms with Crippen LogP contribution < -0.4 is 15.5 Å². The van der Waals surface area contributed by atoms with Crippen LogP contribution in [0.3, 0.4) is 0 Å². The number of esters is 1. The Hall–Kier alpha value is -2.25. The van der Waals surface area contributed by atoms with Crippen molar-refractivity contribution in [1.82, 2.24) is 10.7 Å². The minimum Gasteiger partial charge on any atom is -0.422 e. The van der Waals surface area contributed by atoms with E-state index in [4.69, 9.17) is 17.0 Å². The second-order valence-electron chi connectivity index (χ2n) is 6.62. The molecule has 1 aliphatic rings. The zero-order valence-corrected chi connectivity index (χ0v) is 17.8. The fraction of sp³-hybridized carbons (Fsp3) is 0.286. The number of benzene rings is 2. The number of rotatable bonds is 5. The Bertz CT molecular complexity index is 852. The molecule has 0 amide bonds. The molecule has 5 nitrogen and oxygen atoms in total. The molecule has 146 valence electrons. The maximum Gasteiger partial charge on any atom is 0.343 e. The summed E-state index contributed by atoms with van der Waals surface area (Å²) < 4.78 is 6.40. The van der Waals surface area contributed by atoms with Gasteiger partial charge in [0.15, 0.2) is 5.11 Å². The third-order valence-corrected chi connectivity index (χ3v) is 5.20. The van der Waals surface area contributed by atoms with E-state index in [1.807, 2.05) is 18.2 Å². The maximum atomic E-state index is 12.3. The fourth-order valence-corrected chi connectivity index (χ4v) is 3.67. The number of nitrogens with one attached hydrogen (secondary N) is 2. The van der Waals surface area contributed by atoms with E-state index < -0.39 is 5.97 Å². The molecular formula is C21H22BrN3O2S. The highest BCUT2D eigenvalue weighted by molar-refractivity contribution is 9.10. The quantitative estimate of drug-likeness (QED) is 0.221. The first kappa shape index (κ1) is 20.5. The predicted molar refractivity (Wildman–Crippen MR) is 119 cm³/mol. The minimum atomic E-state index is -0.417. The molecule has 0 unspecified atom stereocenters. The van der Waals surface area contributed by atoms with Crippen molar-refractivity contribution in [1.29, 1.82) is 0 Å². The topological polar surface area (TPSA) is 62.7 Å². The number of ether oxygens (including phenoxy) is 1. The molecule has 1 saturated carbocycles. The van der Waals surface area contributed by atoms with E-state index in [9.17, 15) is 4.79 Å². The van der Waals surface area contributed by atoms with Crippen LogP contribution in [0, 0.1) is 0 Å². The van der Waals surface area contributed by atoms with Crippen LogP contribution in [0.5, 0.6) is 5.75 Å². The van der Waals surface area contributed by atoms with Gasteiger partial charge >= 0.3 is 5.97 Å². The van der Waals surface area contributed by atoms with E-state index in [1.54, 1.807) is 36.5 Å². The maximum absolute atomic E-state index is 12.3. The first-order valence-electron chi connectivity index (χ1n) is 9.28. The third-order valence-electron chi connectivity index (χ3n) is 4.49. The van der Waals surface area contributed by atoms with Crippen LogP contribution in [0.4, 0.5) is 0 Å². The Balaban J connectivity index is 1.62. The summed E-state index contributed by atoms with van der Waals surface area (Å²) in [6, 6.07) is 14.7.